The van der Waals surface area contributed by atoms with Crippen molar-refractivity contribution in [1.82, 2.24) is 4.90 Å². The normalized spacial score (nSPS) is 13.2. The molecule has 0 radical (unpaired) electrons. The van der Waals surface area contributed by atoms with Gasteiger partial charge in [-0.2, -0.15) is 0 Å². The smallest absolute Gasteiger partial charge is 0.299 e. The van der Waals surface area contributed by atoms with Crippen molar-refractivity contribution in [2.24, 2.45) is 0 Å². The van der Waals surface area contributed by atoms with Crippen LogP contribution in [0.15, 0.2) is 72.8 Å². The lowest BCUT2D eigenvalue weighted by atomic mass is 10.1. The zero-order chi connectivity index (χ0) is 25.8. The molecule has 0 bridgehead atoms. The van der Waals surface area contributed by atoms with Crippen molar-refractivity contribution in [3.8, 4) is 5.75 Å². The lowest BCUT2D eigenvalue weighted by Crippen LogP contribution is -2.49. The van der Waals surface area contributed by atoms with Gasteiger partial charge in [0.15, 0.2) is 0 Å². The number of benzene rings is 3. The summed E-state index contributed by atoms with van der Waals surface area (Å²) in [4.78, 5) is 53.7. The first-order valence-corrected chi connectivity index (χ1v) is 11.2. The second-order valence-corrected chi connectivity index (χ2v) is 8.24. The van der Waals surface area contributed by atoms with Crippen LogP contribution in [0.4, 0.5) is 15.8 Å². The number of nitrogens with zero attached hydrogens (tertiary/aromatic N) is 2. The highest BCUT2D eigenvalue weighted by Crippen LogP contribution is 2.28. The predicted octanol–water partition coefficient (Wildman–Crippen LogP) is 3.42. The third kappa shape index (κ3) is 4.95. The summed E-state index contributed by atoms with van der Waals surface area (Å²) in [5.41, 5.74) is 1.22. The number of hydrogen-bond acceptors (Lipinski definition) is 5. The molecule has 3 amide bonds. The standard InChI is InChI=1S/C27H24FN3O5/c1-17(26(34)29-19-11-13-20(36-2)14-12-19)30(15-18-7-3-5-9-22(18)28)24(32)16-31-23-10-6-4-8-21(23)25(33)27(31)35/h3-14,17H,15-16H2,1-2H3,(H,29,34). The van der Waals surface area contributed by atoms with Gasteiger partial charge in [0.25, 0.3) is 11.7 Å². The van der Waals surface area contributed by atoms with Gasteiger partial charge in [-0.25, -0.2) is 4.39 Å². The molecule has 9 heteroatoms. The SMILES string of the molecule is COc1ccc(NC(=O)C(C)N(Cc2ccccc2F)C(=O)CN2C(=O)C(=O)c3ccccc32)cc1. The molecule has 0 aliphatic carbocycles. The number of anilines is 2. The topological polar surface area (TPSA) is 96.0 Å². The molecule has 184 valence electrons. The summed E-state index contributed by atoms with van der Waals surface area (Å²) in [6.07, 6.45) is 0. The third-order valence-corrected chi connectivity index (χ3v) is 6.00. The molecule has 1 aliphatic heterocycles. The van der Waals surface area contributed by atoms with E-state index in [1.807, 2.05) is 0 Å². The minimum Gasteiger partial charge on any atom is -0.497 e. The van der Waals surface area contributed by atoms with Crippen molar-refractivity contribution >= 4 is 34.9 Å². The Morgan fingerprint density at radius 3 is 2.36 bits per heavy atom. The van der Waals surface area contributed by atoms with Crippen molar-refractivity contribution in [2.45, 2.75) is 19.5 Å². The maximum Gasteiger partial charge on any atom is 0.299 e. The zero-order valence-corrected chi connectivity index (χ0v) is 19.7. The molecule has 8 nitrogen and oxygen atoms in total. The number of Topliss-reactive ketones (excluding diaryl/α,β-unsaturated/α-hetero) is 1. The lowest BCUT2D eigenvalue weighted by molar-refractivity contribution is -0.138. The van der Waals surface area contributed by atoms with Crippen molar-refractivity contribution < 1.29 is 28.3 Å². The number of amides is 3. The molecule has 0 aromatic heterocycles. The summed E-state index contributed by atoms with van der Waals surface area (Å²) in [6, 6.07) is 17.9. The molecule has 4 rings (SSSR count). The predicted molar refractivity (Wildman–Crippen MR) is 131 cm³/mol. The number of carbonyl (C=O) groups is 4. The summed E-state index contributed by atoms with van der Waals surface area (Å²) < 4.78 is 19.6. The fourth-order valence-electron chi connectivity index (χ4n) is 3.95. The number of carbonyl (C=O) groups excluding carboxylic acids is 4. The minimum atomic E-state index is -1.03. The van der Waals surface area contributed by atoms with Crippen LogP contribution in [0.3, 0.4) is 0 Å². The van der Waals surface area contributed by atoms with Crippen LogP contribution in [0, 0.1) is 5.82 Å². The highest BCUT2D eigenvalue weighted by Gasteiger charge is 2.38. The first-order chi connectivity index (χ1) is 17.3. The van der Waals surface area contributed by atoms with Crippen molar-refractivity contribution in [2.75, 3.05) is 23.9 Å². The summed E-state index contributed by atoms with van der Waals surface area (Å²) in [7, 11) is 1.53. The number of hydrogen-bond donors (Lipinski definition) is 1. The Kier molecular flexibility index (Phi) is 7.10. The Morgan fingerprint density at radius 2 is 1.67 bits per heavy atom. The molecule has 3 aromatic carbocycles. The summed E-state index contributed by atoms with van der Waals surface area (Å²) in [6.45, 7) is 0.832. The van der Waals surface area contributed by atoms with Gasteiger partial charge in [0.2, 0.25) is 11.8 Å². The van der Waals surface area contributed by atoms with E-state index in [1.165, 1.54) is 43.2 Å². The molecule has 1 heterocycles. The average Bonchev–Trinajstić information content (AvgIpc) is 3.13. The number of rotatable bonds is 8. The molecule has 1 atom stereocenters. The number of para-hydroxylation sites is 1. The maximum atomic E-state index is 14.5. The van der Waals surface area contributed by atoms with E-state index in [4.69, 9.17) is 4.74 Å². The maximum absolute atomic E-state index is 14.5. The second kappa shape index (κ2) is 10.4. The van der Waals surface area contributed by atoms with E-state index in [9.17, 15) is 23.6 Å². The summed E-state index contributed by atoms with van der Waals surface area (Å²) in [5.74, 6) is -2.57. The van der Waals surface area contributed by atoms with Gasteiger partial charge in [-0.05, 0) is 49.4 Å². The molecule has 1 unspecified atom stereocenters. The highest BCUT2D eigenvalue weighted by atomic mass is 19.1. The molecular weight excluding hydrogens is 465 g/mol. The summed E-state index contributed by atoms with van der Waals surface area (Å²) >= 11 is 0. The Hall–Kier alpha value is -4.53. The van der Waals surface area contributed by atoms with Gasteiger partial charge in [-0.3, -0.25) is 24.1 Å². The molecule has 0 spiro atoms. The molecule has 3 aromatic rings. The molecule has 0 saturated heterocycles. The second-order valence-electron chi connectivity index (χ2n) is 8.24. The fourth-order valence-corrected chi connectivity index (χ4v) is 3.95. The van der Waals surface area contributed by atoms with E-state index in [-0.39, 0.29) is 17.7 Å². The first kappa shape index (κ1) is 24.6. The van der Waals surface area contributed by atoms with Gasteiger partial charge in [0.05, 0.1) is 18.4 Å². The molecule has 1 N–H and O–H groups in total. The van der Waals surface area contributed by atoms with Gasteiger partial charge in [0, 0.05) is 17.8 Å². The van der Waals surface area contributed by atoms with Crippen molar-refractivity contribution in [1.29, 1.82) is 0 Å². The number of nitrogens with one attached hydrogen (secondary N) is 1. The molecule has 0 saturated carbocycles. The third-order valence-electron chi connectivity index (χ3n) is 6.00. The van der Waals surface area contributed by atoms with Gasteiger partial charge in [0.1, 0.15) is 24.2 Å². The summed E-state index contributed by atoms with van der Waals surface area (Å²) in [5, 5.41) is 2.74. The van der Waals surface area contributed by atoms with Crippen LogP contribution in [0.2, 0.25) is 0 Å². The van der Waals surface area contributed by atoms with E-state index < -0.39 is 41.9 Å². The van der Waals surface area contributed by atoms with Crippen LogP contribution in [0.1, 0.15) is 22.8 Å². The Bertz CT molecular complexity index is 1320. The quantitative estimate of drug-likeness (QED) is 0.489. The van der Waals surface area contributed by atoms with Crippen LogP contribution >= 0.6 is 0 Å². The van der Waals surface area contributed by atoms with Crippen LogP contribution < -0.4 is 15.0 Å². The van der Waals surface area contributed by atoms with Crippen molar-refractivity contribution in [3.05, 3.63) is 89.7 Å². The van der Waals surface area contributed by atoms with Gasteiger partial charge in [-0.15, -0.1) is 0 Å². The first-order valence-electron chi connectivity index (χ1n) is 11.2. The number of methoxy groups -OCH3 is 1. The van der Waals surface area contributed by atoms with Gasteiger partial charge < -0.3 is 15.0 Å². The number of ketones is 1. The Morgan fingerprint density at radius 1 is 1.00 bits per heavy atom. The largest absolute Gasteiger partial charge is 0.497 e. The Labute approximate surface area is 207 Å². The molecular formula is C27H24FN3O5. The van der Waals surface area contributed by atoms with Gasteiger partial charge in [-0.1, -0.05) is 30.3 Å². The molecule has 1 aliphatic rings. The number of halogens is 1. The monoisotopic (exact) mass is 489 g/mol. The van der Waals surface area contributed by atoms with E-state index >= 15 is 0 Å². The van der Waals surface area contributed by atoms with E-state index in [2.05, 4.69) is 5.32 Å². The molecule has 36 heavy (non-hydrogen) atoms. The van der Waals surface area contributed by atoms with E-state index in [1.54, 1.807) is 48.5 Å². The van der Waals surface area contributed by atoms with Crippen LogP contribution in [-0.2, 0) is 20.9 Å². The van der Waals surface area contributed by atoms with Gasteiger partial charge >= 0.3 is 0 Å². The number of ether oxygens (including phenoxy) is 1. The van der Waals surface area contributed by atoms with Crippen LogP contribution in [0.25, 0.3) is 0 Å². The van der Waals surface area contributed by atoms with Crippen LogP contribution in [-0.4, -0.2) is 48.1 Å². The fraction of sp³-hybridized carbons (Fsp3) is 0.185. The lowest BCUT2D eigenvalue weighted by Gasteiger charge is -2.30. The van der Waals surface area contributed by atoms with Crippen LogP contribution in [0.5, 0.6) is 5.75 Å². The Balaban J connectivity index is 1.58. The molecule has 0 fully saturated rings. The van der Waals surface area contributed by atoms with E-state index in [0.717, 1.165) is 4.90 Å². The minimum absolute atomic E-state index is 0.208. The van der Waals surface area contributed by atoms with E-state index in [0.29, 0.717) is 17.1 Å². The van der Waals surface area contributed by atoms with Crippen molar-refractivity contribution in [3.63, 3.8) is 0 Å². The average molecular weight is 490 g/mol. The zero-order valence-electron chi connectivity index (χ0n) is 19.7. The number of fused-ring (bicyclic) bond motifs is 1. The highest BCUT2D eigenvalue weighted by molar-refractivity contribution is 6.52.